The van der Waals surface area contributed by atoms with E-state index in [-0.39, 0.29) is 11.9 Å². The Hall–Kier alpha value is -2.40. The van der Waals surface area contributed by atoms with E-state index in [1.54, 1.807) is 0 Å². The second kappa shape index (κ2) is 6.48. The lowest BCUT2D eigenvalue weighted by molar-refractivity contribution is 0.0936. The van der Waals surface area contributed by atoms with Crippen LogP contribution in [0.4, 0.5) is 0 Å². The van der Waals surface area contributed by atoms with E-state index < -0.39 is 0 Å². The molecule has 2 heterocycles. The summed E-state index contributed by atoms with van der Waals surface area (Å²) in [7, 11) is 0. The smallest absolute Gasteiger partial charge is 0.262 e. The van der Waals surface area contributed by atoms with Gasteiger partial charge in [-0.2, -0.15) is 5.10 Å². The molecule has 1 atom stereocenters. The zero-order valence-corrected chi connectivity index (χ0v) is 15.3. The van der Waals surface area contributed by atoms with E-state index in [0.717, 1.165) is 41.0 Å². The first-order valence-corrected chi connectivity index (χ1v) is 9.51. The highest BCUT2D eigenvalue weighted by molar-refractivity contribution is 7.12. The van der Waals surface area contributed by atoms with Crippen LogP contribution in [-0.2, 0) is 6.42 Å². The van der Waals surface area contributed by atoms with Crippen LogP contribution in [-0.4, -0.2) is 15.7 Å². The molecule has 1 aromatic carbocycles. The standard InChI is InChI=1S/C20H21N3OS/c1-13-6-3-4-8-17(13)23-18-9-5-7-16(15(18)12-21-23)22-20(24)19-14(2)10-11-25-19/h3-4,6,8,10-12,16H,5,7,9H2,1-2H3,(H,22,24). The van der Waals surface area contributed by atoms with Gasteiger partial charge in [0.05, 0.1) is 22.8 Å². The van der Waals surface area contributed by atoms with Crippen molar-refractivity contribution in [3.63, 3.8) is 0 Å². The third-order valence-corrected chi connectivity index (χ3v) is 5.92. The Morgan fingerprint density at radius 2 is 2.08 bits per heavy atom. The van der Waals surface area contributed by atoms with Gasteiger partial charge in [-0.3, -0.25) is 4.79 Å². The van der Waals surface area contributed by atoms with E-state index in [1.807, 2.05) is 41.4 Å². The van der Waals surface area contributed by atoms with Crippen molar-refractivity contribution in [2.24, 2.45) is 0 Å². The van der Waals surface area contributed by atoms with Crippen molar-refractivity contribution in [2.45, 2.75) is 39.2 Å². The number of nitrogens with one attached hydrogen (secondary N) is 1. The van der Waals surface area contributed by atoms with Gasteiger partial charge < -0.3 is 5.32 Å². The van der Waals surface area contributed by atoms with Crippen LogP contribution in [0.2, 0.25) is 0 Å². The number of nitrogens with zero attached hydrogens (tertiary/aromatic N) is 2. The number of carbonyl (C=O) groups is 1. The van der Waals surface area contributed by atoms with Crippen molar-refractivity contribution in [2.75, 3.05) is 0 Å². The Bertz CT molecular complexity index is 925. The van der Waals surface area contributed by atoms with Gasteiger partial charge in [0.1, 0.15) is 0 Å². The number of fused-ring (bicyclic) bond motifs is 1. The van der Waals surface area contributed by atoms with Crippen LogP contribution in [0.3, 0.4) is 0 Å². The van der Waals surface area contributed by atoms with Gasteiger partial charge in [0.15, 0.2) is 0 Å². The number of hydrogen-bond donors (Lipinski definition) is 1. The first-order valence-electron chi connectivity index (χ1n) is 8.63. The molecule has 1 amide bonds. The fraction of sp³-hybridized carbons (Fsp3) is 0.300. The molecule has 0 bridgehead atoms. The van der Waals surface area contributed by atoms with Crippen molar-refractivity contribution >= 4 is 17.2 Å². The summed E-state index contributed by atoms with van der Waals surface area (Å²) in [6.45, 7) is 4.08. The lowest BCUT2D eigenvalue weighted by atomic mass is 9.92. The molecule has 2 aromatic heterocycles. The third-order valence-electron chi connectivity index (χ3n) is 4.90. The quantitative estimate of drug-likeness (QED) is 0.762. The predicted molar refractivity (Wildman–Crippen MR) is 101 cm³/mol. The average molecular weight is 351 g/mol. The molecule has 3 aromatic rings. The summed E-state index contributed by atoms with van der Waals surface area (Å²) in [5.74, 6) is 0.0222. The molecular weight excluding hydrogens is 330 g/mol. The molecule has 128 valence electrons. The minimum absolute atomic E-state index is 0.0222. The van der Waals surface area contributed by atoms with Crippen molar-refractivity contribution < 1.29 is 4.79 Å². The van der Waals surface area contributed by atoms with Crippen molar-refractivity contribution in [1.29, 1.82) is 0 Å². The van der Waals surface area contributed by atoms with E-state index in [4.69, 9.17) is 0 Å². The highest BCUT2D eigenvalue weighted by Crippen LogP contribution is 2.32. The van der Waals surface area contributed by atoms with Gasteiger partial charge in [-0.25, -0.2) is 4.68 Å². The van der Waals surface area contributed by atoms with Crippen LogP contribution in [0.1, 0.15) is 50.9 Å². The number of aromatic nitrogens is 2. The van der Waals surface area contributed by atoms with E-state index in [0.29, 0.717) is 0 Å². The monoisotopic (exact) mass is 351 g/mol. The molecule has 0 fully saturated rings. The van der Waals surface area contributed by atoms with Gasteiger partial charge in [-0.15, -0.1) is 11.3 Å². The number of rotatable bonds is 3. The zero-order chi connectivity index (χ0) is 17.4. The molecule has 1 aliphatic carbocycles. The summed E-state index contributed by atoms with van der Waals surface area (Å²) in [5, 5.41) is 9.82. The Kier molecular flexibility index (Phi) is 4.17. The average Bonchev–Trinajstić information content (AvgIpc) is 3.22. The third kappa shape index (κ3) is 2.89. The van der Waals surface area contributed by atoms with E-state index in [2.05, 4.69) is 29.5 Å². The molecule has 0 spiro atoms. The number of para-hydroxylation sites is 1. The second-order valence-electron chi connectivity index (χ2n) is 6.60. The van der Waals surface area contributed by atoms with Crippen LogP contribution in [0.5, 0.6) is 0 Å². The molecule has 4 rings (SSSR count). The summed E-state index contributed by atoms with van der Waals surface area (Å²) in [5.41, 5.74) is 5.72. The molecule has 4 nitrogen and oxygen atoms in total. The maximum atomic E-state index is 12.6. The summed E-state index contributed by atoms with van der Waals surface area (Å²) in [6.07, 6.45) is 4.93. The van der Waals surface area contributed by atoms with Gasteiger partial charge in [0.2, 0.25) is 0 Å². The van der Waals surface area contributed by atoms with Gasteiger partial charge in [0, 0.05) is 11.3 Å². The van der Waals surface area contributed by atoms with Gasteiger partial charge in [-0.05, 0) is 61.7 Å². The maximum Gasteiger partial charge on any atom is 0.262 e. The number of benzene rings is 1. The fourth-order valence-electron chi connectivity index (χ4n) is 3.54. The van der Waals surface area contributed by atoms with Crippen molar-refractivity contribution in [3.05, 3.63) is 69.2 Å². The van der Waals surface area contributed by atoms with Crippen molar-refractivity contribution in [1.82, 2.24) is 15.1 Å². The summed E-state index contributed by atoms with van der Waals surface area (Å²) in [4.78, 5) is 13.4. The summed E-state index contributed by atoms with van der Waals surface area (Å²) >= 11 is 1.50. The maximum absolute atomic E-state index is 12.6. The largest absolute Gasteiger partial charge is 0.344 e. The van der Waals surface area contributed by atoms with Gasteiger partial charge in [0.25, 0.3) is 5.91 Å². The molecule has 1 aliphatic rings. The molecule has 1 unspecified atom stereocenters. The number of aryl methyl sites for hydroxylation is 2. The number of carbonyl (C=O) groups excluding carboxylic acids is 1. The summed E-state index contributed by atoms with van der Waals surface area (Å²) < 4.78 is 2.04. The van der Waals surface area contributed by atoms with Crippen LogP contribution in [0.15, 0.2) is 41.9 Å². The van der Waals surface area contributed by atoms with E-state index >= 15 is 0 Å². The lowest BCUT2D eigenvalue weighted by Gasteiger charge is -2.24. The molecule has 0 saturated heterocycles. The molecule has 0 aliphatic heterocycles. The molecule has 1 N–H and O–H groups in total. The second-order valence-corrected chi connectivity index (χ2v) is 7.51. The molecule has 5 heteroatoms. The Morgan fingerprint density at radius 3 is 2.84 bits per heavy atom. The van der Waals surface area contributed by atoms with Crippen LogP contribution in [0.25, 0.3) is 5.69 Å². The topological polar surface area (TPSA) is 46.9 Å². The SMILES string of the molecule is Cc1ccccc1-n1ncc2c1CCCC2NC(=O)c1sccc1C. The Morgan fingerprint density at radius 1 is 1.24 bits per heavy atom. The van der Waals surface area contributed by atoms with E-state index in [9.17, 15) is 4.79 Å². The summed E-state index contributed by atoms with van der Waals surface area (Å²) in [6, 6.07) is 10.3. The zero-order valence-electron chi connectivity index (χ0n) is 14.5. The molecule has 0 radical (unpaired) electrons. The minimum atomic E-state index is 0.0222. The van der Waals surface area contributed by atoms with Crippen LogP contribution >= 0.6 is 11.3 Å². The number of thiophene rings is 1. The minimum Gasteiger partial charge on any atom is -0.344 e. The highest BCUT2D eigenvalue weighted by atomic mass is 32.1. The van der Waals surface area contributed by atoms with Gasteiger partial charge >= 0.3 is 0 Å². The predicted octanol–water partition coefficient (Wildman–Crippen LogP) is 4.36. The normalized spacial score (nSPS) is 16.5. The van der Waals surface area contributed by atoms with Gasteiger partial charge in [-0.1, -0.05) is 18.2 Å². The fourth-order valence-corrected chi connectivity index (χ4v) is 4.37. The lowest BCUT2D eigenvalue weighted by Crippen LogP contribution is -2.30. The van der Waals surface area contributed by atoms with Crippen LogP contribution in [0, 0.1) is 13.8 Å². The number of amides is 1. The van der Waals surface area contributed by atoms with E-state index in [1.165, 1.54) is 22.6 Å². The Balaban J connectivity index is 1.64. The van der Waals surface area contributed by atoms with Crippen LogP contribution < -0.4 is 5.32 Å². The van der Waals surface area contributed by atoms with Crippen molar-refractivity contribution in [3.8, 4) is 5.69 Å². The Labute approximate surface area is 151 Å². The molecule has 25 heavy (non-hydrogen) atoms. The first-order chi connectivity index (χ1) is 12.1. The highest BCUT2D eigenvalue weighted by Gasteiger charge is 2.27. The number of hydrogen-bond acceptors (Lipinski definition) is 3. The first kappa shape index (κ1) is 16.1. The molecule has 0 saturated carbocycles. The molecular formula is C20H21N3OS.